The van der Waals surface area contributed by atoms with Gasteiger partial charge in [0.15, 0.2) is 0 Å². The third-order valence-electron chi connectivity index (χ3n) is 2.37. The fourth-order valence-electron chi connectivity index (χ4n) is 1.54. The summed E-state index contributed by atoms with van der Waals surface area (Å²) in [6.07, 6.45) is 0. The Morgan fingerprint density at radius 3 is 2.88 bits per heavy atom. The van der Waals surface area contributed by atoms with Gasteiger partial charge in [0, 0.05) is 0 Å². The molecule has 1 aromatic carbocycles. The van der Waals surface area contributed by atoms with E-state index in [1.165, 1.54) is 0 Å². The van der Waals surface area contributed by atoms with E-state index in [0.29, 0.717) is 21.5 Å². The van der Waals surface area contributed by atoms with Gasteiger partial charge < -0.3 is 4.42 Å². The van der Waals surface area contributed by atoms with E-state index in [9.17, 15) is 4.79 Å². The molecule has 0 saturated carbocycles. The zero-order chi connectivity index (χ0) is 11.8. The summed E-state index contributed by atoms with van der Waals surface area (Å²) >= 11 is 1.16. The van der Waals surface area contributed by atoms with Crippen LogP contribution in [0.5, 0.6) is 0 Å². The average molecular weight is 245 g/mol. The van der Waals surface area contributed by atoms with Crippen LogP contribution >= 0.6 is 11.5 Å². The first-order chi connectivity index (χ1) is 8.25. The van der Waals surface area contributed by atoms with Gasteiger partial charge in [-0.15, -0.1) is 5.10 Å². The lowest BCUT2D eigenvalue weighted by atomic mass is 10.2. The molecule has 0 N–H and O–H groups in total. The second-order valence-corrected chi connectivity index (χ2v) is 4.26. The van der Waals surface area contributed by atoms with Gasteiger partial charge in [0.2, 0.25) is 5.89 Å². The van der Waals surface area contributed by atoms with Crippen molar-refractivity contribution in [3.05, 3.63) is 40.3 Å². The Balaban J connectivity index is 2.33. The Hall–Kier alpha value is -2.08. The van der Waals surface area contributed by atoms with Crippen LogP contribution in [0.25, 0.3) is 21.7 Å². The van der Waals surface area contributed by atoms with Gasteiger partial charge in [-0.1, -0.05) is 16.6 Å². The lowest BCUT2D eigenvalue weighted by Gasteiger charge is -1.98. The van der Waals surface area contributed by atoms with E-state index >= 15 is 0 Å². The van der Waals surface area contributed by atoms with Gasteiger partial charge in [-0.2, -0.15) is 4.98 Å². The summed E-state index contributed by atoms with van der Waals surface area (Å²) in [5, 5.41) is 4.35. The highest BCUT2D eigenvalue weighted by atomic mass is 32.1. The Labute approximate surface area is 99.9 Å². The van der Waals surface area contributed by atoms with Crippen LogP contribution in [0.1, 0.15) is 5.69 Å². The second kappa shape index (κ2) is 3.74. The minimum absolute atomic E-state index is 0.279. The number of aromatic nitrogens is 3. The standard InChI is InChI=1S/C11H7N3O2S/c1-6-9(17-14-13-6)11-12-10(15)7-4-2-3-5-8(7)16-11/h2-5H,1H3. The number of aryl methyl sites for hydroxylation is 1. The first-order valence-corrected chi connectivity index (χ1v) is 5.72. The first kappa shape index (κ1) is 10.1. The Bertz CT molecular complexity index is 748. The predicted molar refractivity (Wildman–Crippen MR) is 63.9 cm³/mol. The van der Waals surface area contributed by atoms with E-state index in [2.05, 4.69) is 14.6 Å². The van der Waals surface area contributed by atoms with E-state index < -0.39 is 0 Å². The minimum Gasteiger partial charge on any atom is -0.437 e. The topological polar surface area (TPSA) is 68.9 Å². The molecule has 2 heterocycles. The number of para-hydroxylation sites is 1. The van der Waals surface area contributed by atoms with Crippen molar-refractivity contribution in [3.8, 4) is 10.8 Å². The number of benzene rings is 1. The molecule has 0 bridgehead atoms. The molecule has 0 aliphatic rings. The van der Waals surface area contributed by atoms with Gasteiger partial charge in [-0.25, -0.2) is 0 Å². The number of hydrogen-bond acceptors (Lipinski definition) is 6. The Kier molecular flexibility index (Phi) is 2.22. The lowest BCUT2D eigenvalue weighted by Crippen LogP contribution is -2.06. The fraction of sp³-hybridized carbons (Fsp3) is 0.0909. The molecular formula is C11H7N3O2S. The number of hydrogen-bond donors (Lipinski definition) is 0. The summed E-state index contributed by atoms with van der Waals surface area (Å²) in [4.78, 5) is 16.4. The molecule has 17 heavy (non-hydrogen) atoms. The highest BCUT2D eigenvalue weighted by Crippen LogP contribution is 2.24. The molecule has 5 nitrogen and oxygen atoms in total. The molecule has 0 atom stereocenters. The normalized spacial score (nSPS) is 10.9. The molecular weight excluding hydrogens is 238 g/mol. The van der Waals surface area contributed by atoms with Crippen molar-refractivity contribution >= 4 is 22.5 Å². The largest absolute Gasteiger partial charge is 0.437 e. The molecule has 0 radical (unpaired) electrons. The van der Waals surface area contributed by atoms with E-state index in [-0.39, 0.29) is 11.4 Å². The van der Waals surface area contributed by atoms with Crippen LogP contribution in [0.4, 0.5) is 0 Å². The van der Waals surface area contributed by atoms with Crippen molar-refractivity contribution in [3.63, 3.8) is 0 Å². The smallest absolute Gasteiger partial charge is 0.284 e. The van der Waals surface area contributed by atoms with Crippen molar-refractivity contribution < 1.29 is 4.42 Å². The van der Waals surface area contributed by atoms with Crippen LogP contribution < -0.4 is 5.56 Å². The third-order valence-corrected chi connectivity index (χ3v) is 3.19. The Morgan fingerprint density at radius 2 is 2.12 bits per heavy atom. The number of nitrogens with zero attached hydrogens (tertiary/aromatic N) is 3. The summed E-state index contributed by atoms with van der Waals surface area (Å²) < 4.78 is 9.38. The monoisotopic (exact) mass is 245 g/mol. The summed E-state index contributed by atoms with van der Waals surface area (Å²) in [6.45, 7) is 1.80. The Morgan fingerprint density at radius 1 is 1.29 bits per heavy atom. The molecule has 0 aliphatic heterocycles. The van der Waals surface area contributed by atoms with Crippen LogP contribution in [-0.4, -0.2) is 14.6 Å². The van der Waals surface area contributed by atoms with E-state index in [4.69, 9.17) is 4.42 Å². The van der Waals surface area contributed by atoms with Gasteiger partial charge >= 0.3 is 0 Å². The fourth-order valence-corrected chi connectivity index (χ4v) is 2.12. The summed E-state index contributed by atoms with van der Waals surface area (Å²) in [5.74, 6) is 0.279. The van der Waals surface area contributed by atoms with Gasteiger partial charge in [0.25, 0.3) is 5.56 Å². The maximum atomic E-state index is 11.8. The molecule has 3 aromatic rings. The molecule has 0 fully saturated rings. The average Bonchev–Trinajstić information content (AvgIpc) is 2.75. The predicted octanol–water partition coefficient (Wildman–Crippen LogP) is 2.01. The maximum absolute atomic E-state index is 11.8. The van der Waals surface area contributed by atoms with Crippen molar-refractivity contribution in [2.24, 2.45) is 0 Å². The summed E-state index contributed by atoms with van der Waals surface area (Å²) in [7, 11) is 0. The highest BCUT2D eigenvalue weighted by Gasteiger charge is 2.13. The van der Waals surface area contributed by atoms with Crippen LogP contribution in [0.3, 0.4) is 0 Å². The molecule has 0 saturated heterocycles. The zero-order valence-electron chi connectivity index (χ0n) is 8.88. The number of fused-ring (bicyclic) bond motifs is 1. The molecule has 3 rings (SSSR count). The third kappa shape index (κ3) is 1.62. The van der Waals surface area contributed by atoms with Gasteiger partial charge in [0.1, 0.15) is 10.5 Å². The van der Waals surface area contributed by atoms with E-state index in [1.54, 1.807) is 25.1 Å². The van der Waals surface area contributed by atoms with Gasteiger partial charge in [-0.3, -0.25) is 4.79 Å². The summed E-state index contributed by atoms with van der Waals surface area (Å²) in [5.41, 5.74) is 0.936. The van der Waals surface area contributed by atoms with Crippen molar-refractivity contribution in [2.45, 2.75) is 6.92 Å². The van der Waals surface area contributed by atoms with Crippen LogP contribution in [0.15, 0.2) is 33.5 Å². The van der Waals surface area contributed by atoms with Gasteiger partial charge in [0.05, 0.1) is 11.1 Å². The molecule has 0 aliphatic carbocycles. The maximum Gasteiger partial charge on any atom is 0.284 e. The van der Waals surface area contributed by atoms with Crippen molar-refractivity contribution in [1.29, 1.82) is 0 Å². The molecule has 6 heteroatoms. The molecule has 2 aromatic heterocycles. The van der Waals surface area contributed by atoms with Crippen LogP contribution in [-0.2, 0) is 0 Å². The van der Waals surface area contributed by atoms with E-state index in [0.717, 1.165) is 11.5 Å². The molecule has 0 spiro atoms. The van der Waals surface area contributed by atoms with Crippen LogP contribution in [0, 0.1) is 6.92 Å². The van der Waals surface area contributed by atoms with Crippen molar-refractivity contribution in [1.82, 2.24) is 14.6 Å². The second-order valence-electron chi connectivity index (χ2n) is 3.51. The molecule has 0 amide bonds. The lowest BCUT2D eigenvalue weighted by molar-refractivity contribution is 0.596. The minimum atomic E-state index is -0.297. The highest BCUT2D eigenvalue weighted by molar-refractivity contribution is 7.09. The number of rotatable bonds is 1. The van der Waals surface area contributed by atoms with E-state index in [1.807, 2.05) is 6.07 Å². The van der Waals surface area contributed by atoms with Gasteiger partial charge in [-0.05, 0) is 30.6 Å². The molecule has 84 valence electrons. The SMILES string of the molecule is Cc1nnsc1-c1nc(=O)c2ccccc2o1. The van der Waals surface area contributed by atoms with Crippen LogP contribution in [0.2, 0.25) is 0 Å². The first-order valence-electron chi connectivity index (χ1n) is 4.95. The summed E-state index contributed by atoms with van der Waals surface area (Å²) in [6, 6.07) is 7.02. The zero-order valence-corrected chi connectivity index (χ0v) is 9.69. The quantitative estimate of drug-likeness (QED) is 0.656. The molecule has 0 unspecified atom stereocenters. The van der Waals surface area contributed by atoms with Crippen molar-refractivity contribution in [2.75, 3.05) is 0 Å².